The maximum absolute atomic E-state index is 12.3. The van der Waals surface area contributed by atoms with E-state index in [9.17, 15) is 4.79 Å². The van der Waals surface area contributed by atoms with Gasteiger partial charge in [0.2, 0.25) is 0 Å². The van der Waals surface area contributed by atoms with Crippen molar-refractivity contribution in [3.05, 3.63) is 100 Å². The predicted octanol–water partition coefficient (Wildman–Crippen LogP) is 5.33. The molecule has 3 rings (SSSR count). The van der Waals surface area contributed by atoms with Crippen molar-refractivity contribution in [1.82, 2.24) is 5.43 Å². The average Bonchev–Trinajstić information content (AvgIpc) is 2.78. The lowest BCUT2D eigenvalue weighted by Crippen LogP contribution is -2.17. The summed E-state index contributed by atoms with van der Waals surface area (Å²) < 4.78 is 6.05. The molecule has 0 unspecified atom stereocenters. The highest BCUT2D eigenvalue weighted by Crippen LogP contribution is 2.28. The molecule has 0 saturated carbocycles. The van der Waals surface area contributed by atoms with Crippen LogP contribution in [0.1, 0.15) is 57.9 Å². The second kappa shape index (κ2) is 10.2. The van der Waals surface area contributed by atoms with Gasteiger partial charge in [0.1, 0.15) is 12.4 Å². The summed E-state index contributed by atoms with van der Waals surface area (Å²) in [5, 5.41) is 12.8. The van der Waals surface area contributed by atoms with Crippen LogP contribution in [-0.4, -0.2) is 12.1 Å². The molecule has 0 fully saturated rings. The minimum atomic E-state index is -0.293. The zero-order valence-corrected chi connectivity index (χ0v) is 17.9. The number of aryl methyl sites for hydroxylation is 1. The van der Waals surface area contributed by atoms with Gasteiger partial charge < -0.3 is 4.74 Å². The molecule has 5 heteroatoms. The zero-order chi connectivity index (χ0) is 22.2. The number of hydrogen-bond acceptors (Lipinski definition) is 4. The van der Waals surface area contributed by atoms with E-state index in [1.54, 1.807) is 36.4 Å². The van der Waals surface area contributed by atoms with Crippen LogP contribution in [0.2, 0.25) is 0 Å². The van der Waals surface area contributed by atoms with Crippen molar-refractivity contribution in [3.63, 3.8) is 0 Å². The van der Waals surface area contributed by atoms with Crippen molar-refractivity contribution in [1.29, 1.82) is 5.26 Å². The smallest absolute Gasteiger partial charge is 0.271 e. The number of carbonyl (C=O) groups excluding carboxylic acids is 1. The first-order chi connectivity index (χ1) is 15.0. The van der Waals surface area contributed by atoms with E-state index in [-0.39, 0.29) is 5.91 Å². The minimum absolute atomic E-state index is 0.293. The minimum Gasteiger partial charge on any atom is -0.489 e. The zero-order valence-electron chi connectivity index (χ0n) is 17.9. The first kappa shape index (κ1) is 21.8. The maximum atomic E-state index is 12.3. The summed E-state index contributed by atoms with van der Waals surface area (Å²) in [6.45, 7) is 6.78. The van der Waals surface area contributed by atoms with Crippen LogP contribution in [0.4, 0.5) is 0 Å². The number of rotatable bonds is 7. The van der Waals surface area contributed by atoms with E-state index < -0.39 is 0 Å². The first-order valence-corrected chi connectivity index (χ1v) is 10.1. The van der Waals surface area contributed by atoms with Crippen LogP contribution in [0.15, 0.2) is 71.8 Å². The highest BCUT2D eigenvalue weighted by atomic mass is 16.5. The molecule has 3 aromatic rings. The Morgan fingerprint density at radius 1 is 1.10 bits per heavy atom. The highest BCUT2D eigenvalue weighted by Gasteiger charge is 2.09. The van der Waals surface area contributed by atoms with Crippen molar-refractivity contribution in [3.8, 4) is 11.8 Å². The van der Waals surface area contributed by atoms with Crippen molar-refractivity contribution >= 4 is 12.1 Å². The fraction of sp³-hybridized carbons (Fsp3) is 0.192. The molecule has 3 aromatic carbocycles. The molecule has 5 nitrogen and oxygen atoms in total. The summed E-state index contributed by atoms with van der Waals surface area (Å²) >= 11 is 0. The molecule has 0 spiro atoms. The lowest BCUT2D eigenvalue weighted by atomic mass is 10.0. The van der Waals surface area contributed by atoms with Gasteiger partial charge in [-0.25, -0.2) is 5.43 Å². The van der Waals surface area contributed by atoms with Gasteiger partial charge in [0.25, 0.3) is 5.91 Å². The van der Waals surface area contributed by atoms with E-state index >= 15 is 0 Å². The second-order valence-corrected chi connectivity index (χ2v) is 7.61. The quantitative estimate of drug-likeness (QED) is 0.422. The average molecular weight is 412 g/mol. The molecule has 0 aliphatic carbocycles. The van der Waals surface area contributed by atoms with E-state index in [1.165, 1.54) is 11.8 Å². The van der Waals surface area contributed by atoms with Crippen molar-refractivity contribution in [2.75, 3.05) is 0 Å². The highest BCUT2D eigenvalue weighted by molar-refractivity contribution is 5.94. The number of amides is 1. The number of benzene rings is 3. The standard InChI is InChI=1S/C26H25N3O2/c1-18(2)24-13-4-19(3)14-25(24)31-17-22-9-11-23(12-10-22)26(30)29-28-16-21-7-5-20(15-27)6-8-21/h4-14,16,18H,17H2,1-3H3,(H,29,30)/b28-16-. The van der Waals surface area contributed by atoms with Crippen LogP contribution in [-0.2, 0) is 6.61 Å². The van der Waals surface area contributed by atoms with Crippen molar-refractivity contribution in [2.24, 2.45) is 5.10 Å². The fourth-order valence-corrected chi connectivity index (χ4v) is 3.03. The lowest BCUT2D eigenvalue weighted by molar-refractivity contribution is 0.0955. The molecule has 31 heavy (non-hydrogen) atoms. The number of nitrogens with zero attached hydrogens (tertiary/aromatic N) is 2. The monoisotopic (exact) mass is 411 g/mol. The fourth-order valence-electron chi connectivity index (χ4n) is 3.03. The van der Waals surface area contributed by atoms with Crippen LogP contribution >= 0.6 is 0 Å². The third kappa shape index (κ3) is 6.03. The van der Waals surface area contributed by atoms with E-state index in [0.29, 0.717) is 23.7 Å². The molecule has 0 aliphatic heterocycles. The van der Waals surface area contributed by atoms with E-state index in [4.69, 9.17) is 10.00 Å². The van der Waals surface area contributed by atoms with Gasteiger partial charge >= 0.3 is 0 Å². The van der Waals surface area contributed by atoms with Gasteiger partial charge in [0.15, 0.2) is 0 Å². The number of hydrogen-bond donors (Lipinski definition) is 1. The Morgan fingerprint density at radius 2 is 1.81 bits per heavy atom. The number of nitriles is 1. The van der Waals surface area contributed by atoms with Crippen LogP contribution in [0.3, 0.4) is 0 Å². The summed E-state index contributed by atoms with van der Waals surface area (Å²) in [6.07, 6.45) is 1.54. The molecule has 0 aliphatic rings. The molecular formula is C26H25N3O2. The van der Waals surface area contributed by atoms with E-state index in [2.05, 4.69) is 48.6 Å². The summed E-state index contributed by atoms with van der Waals surface area (Å²) in [5.74, 6) is 0.985. The summed E-state index contributed by atoms with van der Waals surface area (Å²) in [7, 11) is 0. The number of hydrazone groups is 1. The molecular weight excluding hydrogens is 386 g/mol. The Kier molecular flexibility index (Phi) is 7.18. The Balaban J connectivity index is 1.57. The summed E-state index contributed by atoms with van der Waals surface area (Å²) in [6, 6.07) is 22.5. The molecule has 1 N–H and O–H groups in total. The largest absolute Gasteiger partial charge is 0.489 e. The van der Waals surface area contributed by atoms with Gasteiger partial charge in [-0.3, -0.25) is 4.79 Å². The van der Waals surface area contributed by atoms with Crippen LogP contribution in [0, 0.1) is 18.3 Å². The van der Waals surface area contributed by atoms with E-state index in [0.717, 1.165) is 22.4 Å². The Labute approximate surface area is 183 Å². The number of carbonyl (C=O) groups is 1. The van der Waals surface area contributed by atoms with Gasteiger partial charge in [-0.2, -0.15) is 10.4 Å². The van der Waals surface area contributed by atoms with Gasteiger partial charge in [-0.05, 0) is 65.4 Å². The van der Waals surface area contributed by atoms with Gasteiger partial charge in [0.05, 0.1) is 17.8 Å². The predicted molar refractivity (Wildman–Crippen MR) is 122 cm³/mol. The van der Waals surface area contributed by atoms with Crippen molar-refractivity contribution in [2.45, 2.75) is 33.3 Å². The van der Waals surface area contributed by atoms with Crippen LogP contribution < -0.4 is 10.2 Å². The molecule has 0 aromatic heterocycles. The second-order valence-electron chi connectivity index (χ2n) is 7.61. The topological polar surface area (TPSA) is 74.5 Å². The molecule has 0 heterocycles. The molecule has 156 valence electrons. The van der Waals surface area contributed by atoms with Gasteiger partial charge in [-0.15, -0.1) is 0 Å². The summed E-state index contributed by atoms with van der Waals surface area (Å²) in [4.78, 5) is 12.3. The third-order valence-corrected chi connectivity index (χ3v) is 4.82. The van der Waals surface area contributed by atoms with Crippen LogP contribution in [0.25, 0.3) is 0 Å². The lowest BCUT2D eigenvalue weighted by Gasteiger charge is -2.15. The summed E-state index contributed by atoms with van der Waals surface area (Å²) in [5.41, 5.74) is 7.72. The van der Waals surface area contributed by atoms with Gasteiger partial charge in [-0.1, -0.05) is 50.2 Å². The number of nitrogens with one attached hydrogen (secondary N) is 1. The Bertz CT molecular complexity index is 1110. The van der Waals surface area contributed by atoms with Crippen molar-refractivity contribution < 1.29 is 9.53 Å². The van der Waals surface area contributed by atoms with E-state index in [1.807, 2.05) is 19.1 Å². The van der Waals surface area contributed by atoms with Gasteiger partial charge in [0, 0.05) is 5.56 Å². The third-order valence-electron chi connectivity index (χ3n) is 4.82. The maximum Gasteiger partial charge on any atom is 0.271 e. The molecule has 0 atom stereocenters. The molecule has 0 radical (unpaired) electrons. The Morgan fingerprint density at radius 3 is 2.45 bits per heavy atom. The Hall–Kier alpha value is -3.91. The molecule has 1 amide bonds. The molecule has 0 saturated heterocycles. The number of ether oxygens (including phenoxy) is 1. The normalized spacial score (nSPS) is 10.8. The molecule has 0 bridgehead atoms. The first-order valence-electron chi connectivity index (χ1n) is 10.1. The SMILES string of the molecule is Cc1ccc(C(C)C)c(OCc2ccc(C(=O)N/N=C\c3ccc(C#N)cc3)cc2)c1. The van der Waals surface area contributed by atoms with Crippen LogP contribution in [0.5, 0.6) is 5.75 Å².